The molecule has 0 amide bonds. The fourth-order valence-electron chi connectivity index (χ4n) is 0.726. The second kappa shape index (κ2) is 3.59. The Morgan fingerprint density at radius 3 is 2.64 bits per heavy atom. The molecule has 1 rings (SSSR count). The molecule has 1 aliphatic rings. The third-order valence-electron chi connectivity index (χ3n) is 1.25. The Morgan fingerprint density at radius 1 is 1.45 bits per heavy atom. The molecule has 64 valence electrons. The van der Waals surface area contributed by atoms with Gasteiger partial charge in [-0.2, -0.15) is 0 Å². The smallest absolute Gasteiger partial charge is 0.0856 e. The van der Waals surface area contributed by atoms with Gasteiger partial charge in [-0.05, 0) is 32.7 Å². The summed E-state index contributed by atoms with van der Waals surface area (Å²) >= 11 is 1.64. The predicted octanol–water partition coefficient (Wildman–Crippen LogP) is 2.29. The molecule has 0 atom stereocenters. The molecule has 0 aromatic carbocycles. The van der Waals surface area contributed by atoms with E-state index in [1.165, 1.54) is 5.71 Å². The van der Waals surface area contributed by atoms with E-state index in [2.05, 4.69) is 25.2 Å². The predicted molar refractivity (Wildman–Crippen MR) is 50.2 cm³/mol. The zero-order valence-corrected chi connectivity index (χ0v) is 8.20. The van der Waals surface area contributed by atoms with Crippen LogP contribution in [0.5, 0.6) is 0 Å². The highest BCUT2D eigenvalue weighted by Crippen LogP contribution is 2.25. The molecule has 0 N–H and O–H groups in total. The number of ether oxygens (including phenoxy) is 1. The molecule has 0 aromatic heterocycles. The lowest BCUT2D eigenvalue weighted by Crippen LogP contribution is -2.06. The standard InChI is InChI=1S/C8H15NOS/c1-8(2,3)11-9-7-4-5-10-6-7/h4-6H2,1-3H3/b9-7-. The molecule has 0 unspecified atom stereocenters. The van der Waals surface area contributed by atoms with Crippen molar-refractivity contribution in [3.05, 3.63) is 0 Å². The maximum Gasteiger partial charge on any atom is 0.0856 e. The Bertz CT molecular complexity index is 152. The zero-order valence-electron chi connectivity index (χ0n) is 7.39. The Balaban J connectivity index is 2.34. The summed E-state index contributed by atoms with van der Waals surface area (Å²) in [6.45, 7) is 8.08. The van der Waals surface area contributed by atoms with Gasteiger partial charge in [0.05, 0.1) is 18.9 Å². The van der Waals surface area contributed by atoms with Crippen molar-refractivity contribution in [3.8, 4) is 0 Å². The minimum absolute atomic E-state index is 0.232. The molecule has 1 aliphatic heterocycles. The van der Waals surface area contributed by atoms with E-state index in [9.17, 15) is 0 Å². The Hall–Kier alpha value is -0.0200. The molecular formula is C8H15NOS. The molecule has 1 heterocycles. The largest absolute Gasteiger partial charge is 0.375 e. The van der Waals surface area contributed by atoms with E-state index in [0.717, 1.165) is 19.6 Å². The zero-order chi connectivity index (χ0) is 8.32. The summed E-state index contributed by atoms with van der Waals surface area (Å²) in [5.74, 6) is 0. The first-order valence-electron chi connectivity index (χ1n) is 3.89. The van der Waals surface area contributed by atoms with Gasteiger partial charge in [0.25, 0.3) is 0 Å². The molecule has 2 nitrogen and oxygen atoms in total. The van der Waals surface area contributed by atoms with Crippen LogP contribution in [0.1, 0.15) is 27.2 Å². The van der Waals surface area contributed by atoms with Crippen LogP contribution in [0, 0.1) is 0 Å². The third kappa shape index (κ3) is 3.77. The van der Waals surface area contributed by atoms with Crippen LogP contribution in [0.3, 0.4) is 0 Å². The van der Waals surface area contributed by atoms with Gasteiger partial charge < -0.3 is 4.74 Å². The molecule has 1 fully saturated rings. The Labute approximate surface area is 72.6 Å². The van der Waals surface area contributed by atoms with Gasteiger partial charge in [-0.1, -0.05) is 0 Å². The number of hydrogen-bond donors (Lipinski definition) is 0. The van der Waals surface area contributed by atoms with Crippen LogP contribution in [0.2, 0.25) is 0 Å². The summed E-state index contributed by atoms with van der Waals surface area (Å²) < 4.78 is 9.81. The van der Waals surface area contributed by atoms with Gasteiger partial charge in [0.2, 0.25) is 0 Å². The molecule has 0 spiro atoms. The van der Waals surface area contributed by atoms with Crippen LogP contribution in [0.4, 0.5) is 0 Å². The van der Waals surface area contributed by atoms with Crippen molar-refractivity contribution < 1.29 is 4.74 Å². The molecular weight excluding hydrogens is 158 g/mol. The average molecular weight is 173 g/mol. The minimum atomic E-state index is 0.232. The number of hydrogen-bond acceptors (Lipinski definition) is 3. The van der Waals surface area contributed by atoms with Crippen molar-refractivity contribution in [1.82, 2.24) is 0 Å². The molecule has 3 heteroatoms. The lowest BCUT2D eigenvalue weighted by Gasteiger charge is -2.12. The topological polar surface area (TPSA) is 21.6 Å². The first-order chi connectivity index (χ1) is 5.08. The molecule has 0 radical (unpaired) electrons. The fraction of sp³-hybridized carbons (Fsp3) is 0.875. The van der Waals surface area contributed by atoms with E-state index < -0.39 is 0 Å². The lowest BCUT2D eigenvalue weighted by molar-refractivity contribution is 0.209. The third-order valence-corrected chi connectivity index (χ3v) is 2.15. The highest BCUT2D eigenvalue weighted by Gasteiger charge is 2.13. The first-order valence-corrected chi connectivity index (χ1v) is 4.67. The molecule has 0 aliphatic carbocycles. The van der Waals surface area contributed by atoms with Gasteiger partial charge in [0.15, 0.2) is 0 Å². The van der Waals surface area contributed by atoms with Crippen molar-refractivity contribution in [2.24, 2.45) is 4.40 Å². The maximum atomic E-state index is 5.18. The van der Waals surface area contributed by atoms with Gasteiger partial charge in [-0.3, -0.25) is 0 Å². The molecule has 0 aromatic rings. The van der Waals surface area contributed by atoms with Crippen molar-refractivity contribution in [1.29, 1.82) is 0 Å². The van der Waals surface area contributed by atoms with Gasteiger partial charge in [0.1, 0.15) is 0 Å². The van der Waals surface area contributed by atoms with Crippen LogP contribution in [-0.4, -0.2) is 23.7 Å². The van der Waals surface area contributed by atoms with Crippen LogP contribution >= 0.6 is 11.9 Å². The van der Waals surface area contributed by atoms with E-state index in [-0.39, 0.29) is 4.75 Å². The quantitative estimate of drug-likeness (QED) is 0.567. The van der Waals surface area contributed by atoms with E-state index in [4.69, 9.17) is 4.74 Å². The number of nitrogens with zero attached hydrogens (tertiary/aromatic N) is 1. The van der Waals surface area contributed by atoms with Crippen molar-refractivity contribution in [3.63, 3.8) is 0 Å². The normalized spacial score (nSPS) is 23.0. The van der Waals surface area contributed by atoms with Crippen LogP contribution in [0.15, 0.2) is 4.40 Å². The van der Waals surface area contributed by atoms with Gasteiger partial charge in [-0.15, -0.1) is 0 Å². The van der Waals surface area contributed by atoms with Crippen LogP contribution in [-0.2, 0) is 4.74 Å². The summed E-state index contributed by atoms with van der Waals surface area (Å²) in [6, 6.07) is 0. The molecule has 11 heavy (non-hydrogen) atoms. The van der Waals surface area contributed by atoms with Crippen molar-refractivity contribution >= 4 is 17.7 Å². The average Bonchev–Trinajstić information content (AvgIpc) is 2.32. The molecule has 1 saturated heterocycles. The summed E-state index contributed by atoms with van der Waals surface area (Å²) in [5, 5.41) is 0. The number of rotatable bonds is 1. The summed E-state index contributed by atoms with van der Waals surface area (Å²) in [5.41, 5.74) is 1.20. The Kier molecular flexibility index (Phi) is 2.96. The molecule has 0 bridgehead atoms. The molecule has 0 saturated carbocycles. The van der Waals surface area contributed by atoms with E-state index in [1.807, 2.05) is 0 Å². The highest BCUT2D eigenvalue weighted by atomic mass is 32.2. The van der Waals surface area contributed by atoms with Crippen molar-refractivity contribution in [2.75, 3.05) is 13.2 Å². The summed E-state index contributed by atoms with van der Waals surface area (Å²) in [6.07, 6.45) is 1.02. The van der Waals surface area contributed by atoms with E-state index >= 15 is 0 Å². The summed E-state index contributed by atoms with van der Waals surface area (Å²) in [7, 11) is 0. The second-order valence-corrected chi connectivity index (χ2v) is 5.25. The van der Waals surface area contributed by atoms with Gasteiger partial charge in [-0.25, -0.2) is 4.40 Å². The summed E-state index contributed by atoms with van der Waals surface area (Å²) in [4.78, 5) is 0. The van der Waals surface area contributed by atoms with Crippen LogP contribution < -0.4 is 0 Å². The minimum Gasteiger partial charge on any atom is -0.375 e. The van der Waals surface area contributed by atoms with Crippen LogP contribution in [0.25, 0.3) is 0 Å². The second-order valence-electron chi connectivity index (χ2n) is 3.66. The SMILES string of the molecule is CC(C)(C)S/N=C1/CCOC1. The van der Waals surface area contributed by atoms with Gasteiger partial charge in [0, 0.05) is 11.2 Å². The van der Waals surface area contributed by atoms with E-state index in [1.54, 1.807) is 11.9 Å². The lowest BCUT2D eigenvalue weighted by atomic mass is 10.3. The van der Waals surface area contributed by atoms with Crippen molar-refractivity contribution in [2.45, 2.75) is 31.9 Å². The highest BCUT2D eigenvalue weighted by molar-refractivity contribution is 7.99. The fourth-order valence-corrected chi connectivity index (χ4v) is 1.27. The maximum absolute atomic E-state index is 5.18. The first kappa shape index (κ1) is 9.07. The monoisotopic (exact) mass is 173 g/mol. The Morgan fingerprint density at radius 2 is 2.18 bits per heavy atom. The van der Waals surface area contributed by atoms with Gasteiger partial charge >= 0.3 is 0 Å². The van der Waals surface area contributed by atoms with E-state index in [0.29, 0.717) is 0 Å².